The normalized spacial score (nSPS) is 18.6. The van der Waals surface area contributed by atoms with E-state index in [1.54, 1.807) is 0 Å². The SMILES string of the molecule is CNC(=O)C1CCCN(S(=O)(=O)c2cc(OC)c(C(=O)O)cc2Cl)C1. The number of aromatic carboxylic acids is 1. The first-order valence-electron chi connectivity index (χ1n) is 7.55. The molecule has 0 radical (unpaired) electrons. The third-order valence-corrected chi connectivity index (χ3v) is 6.43. The number of methoxy groups -OCH3 is 1. The minimum atomic E-state index is -3.99. The van der Waals surface area contributed by atoms with Crippen LogP contribution < -0.4 is 10.1 Å². The highest BCUT2D eigenvalue weighted by Gasteiger charge is 2.35. The van der Waals surface area contributed by atoms with Crippen LogP contribution in [0.3, 0.4) is 0 Å². The summed E-state index contributed by atoms with van der Waals surface area (Å²) in [6.45, 7) is 0.302. The predicted octanol–water partition coefficient (Wildman–Crippen LogP) is 1.19. The lowest BCUT2D eigenvalue weighted by Gasteiger charge is -2.31. The molecular formula is C15H19ClN2O6S. The number of ether oxygens (including phenoxy) is 1. The fourth-order valence-corrected chi connectivity index (χ4v) is 4.83. The average molecular weight is 391 g/mol. The van der Waals surface area contributed by atoms with Gasteiger partial charge in [-0.25, -0.2) is 13.2 Å². The first-order chi connectivity index (χ1) is 11.7. The van der Waals surface area contributed by atoms with Crippen LogP contribution in [-0.2, 0) is 14.8 Å². The van der Waals surface area contributed by atoms with Crippen LogP contribution in [0.1, 0.15) is 23.2 Å². The maximum Gasteiger partial charge on any atom is 0.339 e. The molecule has 0 spiro atoms. The number of amides is 1. The van der Waals surface area contributed by atoms with Crippen LogP contribution in [0.15, 0.2) is 17.0 Å². The zero-order valence-corrected chi connectivity index (χ0v) is 15.4. The van der Waals surface area contributed by atoms with Crippen molar-refractivity contribution in [3.8, 4) is 5.75 Å². The molecule has 0 aliphatic carbocycles. The van der Waals surface area contributed by atoms with Crippen molar-refractivity contribution in [1.82, 2.24) is 9.62 Å². The van der Waals surface area contributed by atoms with Crippen molar-refractivity contribution in [3.05, 3.63) is 22.7 Å². The van der Waals surface area contributed by atoms with E-state index in [0.29, 0.717) is 12.8 Å². The number of sulfonamides is 1. The summed E-state index contributed by atoms with van der Waals surface area (Å²) in [6, 6.07) is 2.15. The van der Waals surface area contributed by atoms with Crippen molar-refractivity contribution in [2.24, 2.45) is 5.92 Å². The van der Waals surface area contributed by atoms with Gasteiger partial charge in [-0.2, -0.15) is 4.31 Å². The molecule has 1 aromatic rings. The fraction of sp³-hybridized carbons (Fsp3) is 0.467. The summed E-state index contributed by atoms with van der Waals surface area (Å²) in [4.78, 5) is 22.8. The van der Waals surface area contributed by atoms with Gasteiger partial charge in [0.2, 0.25) is 15.9 Å². The standard InChI is InChI=1S/C15H19ClN2O6S/c1-17-14(19)9-4-3-5-18(8-9)25(22,23)13-7-12(24-2)10(15(20)21)6-11(13)16/h6-7,9H,3-5,8H2,1-2H3,(H,17,19)(H,20,21). The number of carboxylic acid groups (broad SMARTS) is 1. The quantitative estimate of drug-likeness (QED) is 0.780. The summed E-state index contributed by atoms with van der Waals surface area (Å²) in [5.41, 5.74) is -0.228. The number of carboxylic acids is 1. The molecule has 1 saturated heterocycles. The molecule has 1 fully saturated rings. The Morgan fingerprint density at radius 3 is 2.64 bits per heavy atom. The summed E-state index contributed by atoms with van der Waals surface area (Å²) in [5.74, 6) is -2.03. The van der Waals surface area contributed by atoms with Crippen molar-refractivity contribution < 1.29 is 27.9 Å². The smallest absolute Gasteiger partial charge is 0.339 e. The van der Waals surface area contributed by atoms with E-state index in [4.69, 9.17) is 21.4 Å². The Labute approximate surface area is 150 Å². The number of carbonyl (C=O) groups excluding carboxylic acids is 1. The molecule has 1 atom stereocenters. The molecule has 1 aliphatic rings. The van der Waals surface area contributed by atoms with Crippen LogP contribution in [0.2, 0.25) is 5.02 Å². The molecule has 1 amide bonds. The number of hydrogen-bond donors (Lipinski definition) is 2. The Bertz CT molecular complexity index is 795. The maximum absolute atomic E-state index is 12.9. The Balaban J connectivity index is 2.42. The number of hydrogen-bond acceptors (Lipinski definition) is 5. The van der Waals surface area contributed by atoms with Crippen molar-refractivity contribution in [2.45, 2.75) is 17.7 Å². The van der Waals surface area contributed by atoms with Gasteiger partial charge in [0.1, 0.15) is 16.2 Å². The molecule has 138 valence electrons. The average Bonchev–Trinajstić information content (AvgIpc) is 2.60. The topological polar surface area (TPSA) is 113 Å². The fourth-order valence-electron chi connectivity index (χ4n) is 2.79. The highest BCUT2D eigenvalue weighted by atomic mass is 35.5. The summed E-state index contributed by atoms with van der Waals surface area (Å²) < 4.78 is 32.0. The lowest BCUT2D eigenvalue weighted by atomic mass is 9.99. The number of rotatable bonds is 5. The summed E-state index contributed by atoms with van der Waals surface area (Å²) in [5, 5.41) is 11.5. The van der Waals surface area contributed by atoms with E-state index < -0.39 is 21.9 Å². The minimum absolute atomic E-state index is 0.0430. The highest BCUT2D eigenvalue weighted by molar-refractivity contribution is 7.89. The first-order valence-corrected chi connectivity index (χ1v) is 9.36. The van der Waals surface area contributed by atoms with E-state index in [1.165, 1.54) is 18.5 Å². The third-order valence-electron chi connectivity index (χ3n) is 4.10. The first kappa shape index (κ1) is 19.5. The molecule has 10 heteroatoms. The summed E-state index contributed by atoms with van der Waals surface area (Å²) >= 11 is 6.03. The second kappa shape index (κ2) is 7.59. The zero-order valence-electron chi connectivity index (χ0n) is 13.8. The van der Waals surface area contributed by atoms with Gasteiger partial charge in [0.15, 0.2) is 0 Å². The number of benzene rings is 1. The van der Waals surface area contributed by atoms with Gasteiger partial charge in [0.25, 0.3) is 0 Å². The van der Waals surface area contributed by atoms with E-state index in [1.807, 2.05) is 0 Å². The van der Waals surface area contributed by atoms with Gasteiger partial charge in [0.05, 0.1) is 18.1 Å². The van der Waals surface area contributed by atoms with Gasteiger partial charge in [-0.05, 0) is 18.9 Å². The van der Waals surface area contributed by atoms with Gasteiger partial charge >= 0.3 is 5.97 Å². The van der Waals surface area contributed by atoms with Gasteiger partial charge < -0.3 is 15.2 Å². The van der Waals surface area contributed by atoms with Crippen molar-refractivity contribution >= 4 is 33.5 Å². The van der Waals surface area contributed by atoms with Crippen LogP contribution in [0.5, 0.6) is 5.75 Å². The third kappa shape index (κ3) is 3.88. The largest absolute Gasteiger partial charge is 0.496 e. The molecule has 2 N–H and O–H groups in total. The Kier molecular flexibility index (Phi) is 5.91. The summed E-state index contributed by atoms with van der Waals surface area (Å²) in [6.07, 6.45) is 1.14. The molecule has 8 nitrogen and oxygen atoms in total. The molecule has 0 saturated carbocycles. The van der Waals surface area contributed by atoms with E-state index in [0.717, 1.165) is 12.1 Å². The molecule has 1 unspecified atom stereocenters. The monoisotopic (exact) mass is 390 g/mol. The summed E-state index contributed by atoms with van der Waals surface area (Å²) in [7, 11) is -1.25. The van der Waals surface area contributed by atoms with E-state index in [9.17, 15) is 18.0 Å². The van der Waals surface area contributed by atoms with Crippen molar-refractivity contribution in [1.29, 1.82) is 0 Å². The second-order valence-electron chi connectivity index (χ2n) is 5.60. The van der Waals surface area contributed by atoms with Crippen molar-refractivity contribution in [3.63, 3.8) is 0 Å². The van der Waals surface area contributed by atoms with E-state index in [-0.39, 0.29) is 40.2 Å². The molecule has 25 heavy (non-hydrogen) atoms. The molecule has 1 aromatic carbocycles. The number of piperidine rings is 1. The molecule has 0 aromatic heterocycles. The Hall–Kier alpha value is -1.84. The van der Waals surface area contributed by atoms with Gasteiger partial charge in [-0.3, -0.25) is 4.79 Å². The number of nitrogens with one attached hydrogen (secondary N) is 1. The Morgan fingerprint density at radius 1 is 1.40 bits per heavy atom. The minimum Gasteiger partial charge on any atom is -0.496 e. The number of halogens is 1. The van der Waals surface area contributed by atoms with E-state index >= 15 is 0 Å². The lowest BCUT2D eigenvalue weighted by molar-refractivity contribution is -0.125. The predicted molar refractivity (Wildman–Crippen MR) is 90.5 cm³/mol. The van der Waals surface area contributed by atoms with Gasteiger partial charge in [-0.1, -0.05) is 11.6 Å². The molecule has 0 bridgehead atoms. The lowest BCUT2D eigenvalue weighted by Crippen LogP contribution is -2.44. The van der Waals surface area contributed by atoms with Gasteiger partial charge in [-0.15, -0.1) is 0 Å². The number of nitrogens with zero attached hydrogens (tertiary/aromatic N) is 1. The van der Waals surface area contributed by atoms with Crippen LogP contribution in [0.4, 0.5) is 0 Å². The molecule has 1 heterocycles. The highest BCUT2D eigenvalue weighted by Crippen LogP contribution is 2.33. The molecule has 1 aliphatic heterocycles. The second-order valence-corrected chi connectivity index (χ2v) is 7.92. The molecular weight excluding hydrogens is 372 g/mol. The van der Waals surface area contributed by atoms with Crippen LogP contribution in [-0.4, -0.2) is 57.0 Å². The molecule has 2 rings (SSSR count). The number of carbonyl (C=O) groups is 2. The van der Waals surface area contributed by atoms with Crippen LogP contribution in [0.25, 0.3) is 0 Å². The van der Waals surface area contributed by atoms with E-state index in [2.05, 4.69) is 5.32 Å². The maximum atomic E-state index is 12.9. The van der Waals surface area contributed by atoms with Gasteiger partial charge in [0, 0.05) is 26.2 Å². The zero-order chi connectivity index (χ0) is 18.8. The van der Waals surface area contributed by atoms with Crippen LogP contribution in [0, 0.1) is 5.92 Å². The van der Waals surface area contributed by atoms with Crippen molar-refractivity contribution in [2.75, 3.05) is 27.2 Å². The van der Waals surface area contributed by atoms with Crippen LogP contribution >= 0.6 is 11.6 Å². The Morgan fingerprint density at radius 2 is 2.08 bits per heavy atom.